The molecule has 122 valence electrons. The molecule has 2 rings (SSSR count). The largest absolute Gasteiger partial charge is 0.387 e. The van der Waals surface area contributed by atoms with Gasteiger partial charge < -0.3 is 10.4 Å². The molecular formula is C16H16ClFN2O3. The molecule has 0 aliphatic heterocycles. The first-order chi connectivity index (χ1) is 10.9. The summed E-state index contributed by atoms with van der Waals surface area (Å²) in [6, 6.07) is 10.2. The topological polar surface area (TPSA) is 75.4 Å². The van der Waals surface area contributed by atoms with Crippen molar-refractivity contribution >= 4 is 17.3 Å². The van der Waals surface area contributed by atoms with Gasteiger partial charge in [0, 0.05) is 24.7 Å². The van der Waals surface area contributed by atoms with Crippen molar-refractivity contribution < 1.29 is 14.4 Å². The van der Waals surface area contributed by atoms with E-state index in [1.54, 1.807) is 18.2 Å². The summed E-state index contributed by atoms with van der Waals surface area (Å²) in [6.07, 6.45) is -0.914. The number of halogens is 2. The van der Waals surface area contributed by atoms with E-state index in [4.69, 9.17) is 11.6 Å². The van der Waals surface area contributed by atoms with Gasteiger partial charge in [-0.3, -0.25) is 10.1 Å². The highest BCUT2D eigenvalue weighted by Gasteiger charge is 2.14. The van der Waals surface area contributed by atoms with Crippen molar-refractivity contribution in [3.63, 3.8) is 0 Å². The molecular weight excluding hydrogens is 323 g/mol. The molecule has 2 N–H and O–H groups in total. The highest BCUT2D eigenvalue weighted by atomic mass is 35.5. The summed E-state index contributed by atoms with van der Waals surface area (Å²) in [6.45, 7) is 2.00. The Balaban J connectivity index is 2.00. The Kier molecular flexibility index (Phi) is 5.65. The van der Waals surface area contributed by atoms with E-state index in [0.29, 0.717) is 5.56 Å². The Morgan fingerprint density at radius 2 is 2.04 bits per heavy atom. The van der Waals surface area contributed by atoms with E-state index in [1.165, 1.54) is 24.3 Å². The number of rotatable bonds is 6. The highest BCUT2D eigenvalue weighted by Crippen LogP contribution is 2.22. The lowest BCUT2D eigenvalue weighted by Crippen LogP contribution is -2.24. The van der Waals surface area contributed by atoms with Crippen molar-refractivity contribution in [2.24, 2.45) is 0 Å². The monoisotopic (exact) mass is 338 g/mol. The maximum absolute atomic E-state index is 13.4. The van der Waals surface area contributed by atoms with E-state index < -0.39 is 16.8 Å². The molecule has 2 atom stereocenters. The molecule has 0 aliphatic carbocycles. The van der Waals surface area contributed by atoms with E-state index in [1.807, 2.05) is 6.92 Å². The first kappa shape index (κ1) is 17.3. The summed E-state index contributed by atoms with van der Waals surface area (Å²) < 4.78 is 13.4. The molecule has 23 heavy (non-hydrogen) atoms. The minimum absolute atomic E-state index is 0.00104. The minimum atomic E-state index is -0.914. The summed E-state index contributed by atoms with van der Waals surface area (Å²) in [5.41, 5.74) is 1.15. The molecule has 0 aliphatic rings. The second kappa shape index (κ2) is 7.50. The molecule has 0 aromatic heterocycles. The van der Waals surface area contributed by atoms with E-state index in [0.717, 1.165) is 5.56 Å². The number of benzene rings is 2. The van der Waals surface area contributed by atoms with Gasteiger partial charge in [0.05, 0.1) is 16.0 Å². The Morgan fingerprint density at radius 1 is 1.30 bits per heavy atom. The molecule has 2 aromatic carbocycles. The summed E-state index contributed by atoms with van der Waals surface area (Å²) in [5, 5.41) is 23.9. The van der Waals surface area contributed by atoms with Crippen molar-refractivity contribution in [3.8, 4) is 0 Å². The number of non-ortho nitro benzene ring substituents is 1. The lowest BCUT2D eigenvalue weighted by atomic mass is 10.1. The van der Waals surface area contributed by atoms with Crippen LogP contribution in [0.4, 0.5) is 10.1 Å². The predicted octanol–water partition coefficient (Wildman–Crippen LogP) is 3.77. The zero-order valence-corrected chi connectivity index (χ0v) is 13.1. The fourth-order valence-electron chi connectivity index (χ4n) is 2.15. The Bertz CT molecular complexity index is 711. The van der Waals surface area contributed by atoms with Crippen LogP contribution in [-0.2, 0) is 0 Å². The smallest absolute Gasteiger partial charge is 0.269 e. The van der Waals surface area contributed by atoms with Crippen LogP contribution in [0.2, 0.25) is 5.02 Å². The maximum atomic E-state index is 13.4. The van der Waals surface area contributed by atoms with Crippen molar-refractivity contribution in [1.82, 2.24) is 5.32 Å². The number of aliphatic hydroxyl groups excluding tert-OH is 1. The van der Waals surface area contributed by atoms with Gasteiger partial charge in [0.25, 0.3) is 5.69 Å². The number of nitrogens with zero attached hydrogens (tertiary/aromatic N) is 1. The van der Waals surface area contributed by atoms with Crippen LogP contribution in [0, 0.1) is 15.9 Å². The third-order valence-electron chi connectivity index (χ3n) is 3.53. The molecule has 0 radical (unpaired) electrons. The van der Waals surface area contributed by atoms with Crippen LogP contribution in [0.15, 0.2) is 42.5 Å². The molecule has 5 nitrogen and oxygen atoms in total. The van der Waals surface area contributed by atoms with Gasteiger partial charge in [-0.15, -0.1) is 0 Å². The normalized spacial score (nSPS) is 13.6. The van der Waals surface area contributed by atoms with Crippen LogP contribution in [-0.4, -0.2) is 16.6 Å². The average molecular weight is 339 g/mol. The van der Waals surface area contributed by atoms with E-state index in [2.05, 4.69) is 5.32 Å². The second-order valence-electron chi connectivity index (χ2n) is 5.17. The van der Waals surface area contributed by atoms with Crippen molar-refractivity contribution in [3.05, 3.63) is 74.5 Å². The van der Waals surface area contributed by atoms with Crippen LogP contribution in [0.3, 0.4) is 0 Å². The van der Waals surface area contributed by atoms with Gasteiger partial charge in [-0.1, -0.05) is 29.8 Å². The lowest BCUT2D eigenvalue weighted by Gasteiger charge is -2.18. The number of nitrogens with one attached hydrogen (secondary N) is 1. The number of nitro benzene ring substituents is 1. The summed E-state index contributed by atoms with van der Waals surface area (Å²) in [7, 11) is 0. The molecule has 2 unspecified atom stereocenters. The molecule has 2 aromatic rings. The van der Waals surface area contributed by atoms with Gasteiger partial charge in [-0.25, -0.2) is 4.39 Å². The molecule has 0 bridgehead atoms. The molecule has 0 amide bonds. The van der Waals surface area contributed by atoms with Gasteiger partial charge in [0.2, 0.25) is 0 Å². The Labute approximate surface area is 137 Å². The third-order valence-corrected chi connectivity index (χ3v) is 3.83. The summed E-state index contributed by atoms with van der Waals surface area (Å²) >= 11 is 5.61. The molecule has 0 saturated carbocycles. The fourth-order valence-corrected chi connectivity index (χ4v) is 2.27. The zero-order chi connectivity index (χ0) is 17.0. The van der Waals surface area contributed by atoms with Crippen LogP contribution in [0.25, 0.3) is 0 Å². The zero-order valence-electron chi connectivity index (χ0n) is 12.4. The molecule has 0 spiro atoms. The first-order valence-electron chi connectivity index (χ1n) is 6.99. The molecule has 7 heteroatoms. The van der Waals surface area contributed by atoms with Gasteiger partial charge in [-0.2, -0.15) is 0 Å². The van der Waals surface area contributed by atoms with Gasteiger partial charge >= 0.3 is 0 Å². The lowest BCUT2D eigenvalue weighted by molar-refractivity contribution is -0.384. The van der Waals surface area contributed by atoms with Crippen LogP contribution in [0.5, 0.6) is 0 Å². The van der Waals surface area contributed by atoms with Crippen LogP contribution < -0.4 is 5.32 Å². The van der Waals surface area contributed by atoms with Crippen LogP contribution in [0.1, 0.15) is 30.2 Å². The Hall–Kier alpha value is -2.02. The fraction of sp³-hybridized carbons (Fsp3) is 0.250. The van der Waals surface area contributed by atoms with Crippen molar-refractivity contribution in [1.29, 1.82) is 0 Å². The number of aliphatic hydroxyl groups is 1. The third kappa shape index (κ3) is 4.48. The maximum Gasteiger partial charge on any atom is 0.269 e. The van der Waals surface area contributed by atoms with Gasteiger partial charge in [-0.05, 0) is 30.2 Å². The summed E-state index contributed by atoms with van der Waals surface area (Å²) in [5.74, 6) is -0.588. The SMILES string of the molecule is CC(NCC(O)c1ccc(Cl)c(F)c1)c1cccc([N+](=O)[O-])c1. The van der Waals surface area contributed by atoms with E-state index in [9.17, 15) is 19.6 Å². The van der Waals surface area contributed by atoms with E-state index >= 15 is 0 Å². The van der Waals surface area contributed by atoms with E-state index in [-0.39, 0.29) is 23.3 Å². The molecule has 0 heterocycles. The summed E-state index contributed by atoms with van der Waals surface area (Å²) in [4.78, 5) is 10.3. The predicted molar refractivity (Wildman–Crippen MR) is 85.9 cm³/mol. The second-order valence-corrected chi connectivity index (χ2v) is 5.58. The standard InChI is InChI=1S/C16H16ClFN2O3/c1-10(11-3-2-4-13(7-11)20(22)23)19-9-16(21)12-5-6-14(17)15(18)8-12/h2-8,10,16,19,21H,9H2,1H3. The molecule has 0 saturated heterocycles. The van der Waals surface area contributed by atoms with Gasteiger partial charge in [0.1, 0.15) is 5.82 Å². The number of nitro groups is 1. The minimum Gasteiger partial charge on any atom is -0.387 e. The Morgan fingerprint density at radius 3 is 2.70 bits per heavy atom. The van der Waals surface area contributed by atoms with Crippen molar-refractivity contribution in [2.75, 3.05) is 6.54 Å². The first-order valence-corrected chi connectivity index (χ1v) is 7.37. The highest BCUT2D eigenvalue weighted by molar-refractivity contribution is 6.30. The molecule has 0 fully saturated rings. The number of hydrogen-bond donors (Lipinski definition) is 2. The van der Waals surface area contributed by atoms with Gasteiger partial charge in [0.15, 0.2) is 0 Å². The quantitative estimate of drug-likeness (QED) is 0.621. The van der Waals surface area contributed by atoms with Crippen molar-refractivity contribution in [2.45, 2.75) is 19.1 Å². The number of hydrogen-bond acceptors (Lipinski definition) is 4. The average Bonchev–Trinajstić information content (AvgIpc) is 2.54. The van der Waals surface area contributed by atoms with Crippen LogP contribution >= 0.6 is 11.6 Å².